The highest BCUT2D eigenvalue weighted by Gasteiger charge is 2.35. The summed E-state index contributed by atoms with van der Waals surface area (Å²) < 4.78 is 5.39. The van der Waals surface area contributed by atoms with Crippen molar-refractivity contribution in [2.45, 2.75) is 44.6 Å². The van der Waals surface area contributed by atoms with E-state index in [0.717, 1.165) is 38.8 Å². The van der Waals surface area contributed by atoms with E-state index >= 15 is 0 Å². The minimum absolute atomic E-state index is 0.0684. The molecule has 1 heterocycles. The van der Waals surface area contributed by atoms with Gasteiger partial charge in [-0.2, -0.15) is 0 Å². The monoisotopic (exact) mass is 255 g/mol. The van der Waals surface area contributed by atoms with E-state index in [9.17, 15) is 9.90 Å². The van der Waals surface area contributed by atoms with Crippen LogP contribution in [0.5, 0.6) is 0 Å². The van der Waals surface area contributed by atoms with E-state index in [4.69, 9.17) is 4.74 Å². The summed E-state index contributed by atoms with van der Waals surface area (Å²) in [4.78, 5) is 13.8. The summed E-state index contributed by atoms with van der Waals surface area (Å²) in [5, 5.41) is 9.39. The number of carbonyl (C=O) groups is 1. The summed E-state index contributed by atoms with van der Waals surface area (Å²) in [5.41, 5.74) is -0.179. The number of rotatable bonds is 4. The number of aliphatic hydroxyl groups is 1. The number of hydrogen-bond acceptors (Lipinski definition) is 4. The van der Waals surface area contributed by atoms with E-state index < -0.39 is 0 Å². The lowest BCUT2D eigenvalue weighted by atomic mass is 9.81. The lowest BCUT2D eigenvalue weighted by molar-refractivity contribution is -0.120. The topological polar surface area (TPSA) is 49.8 Å². The van der Waals surface area contributed by atoms with Gasteiger partial charge >= 0.3 is 0 Å². The molecule has 1 saturated heterocycles. The molecule has 4 heteroatoms. The van der Waals surface area contributed by atoms with Crippen LogP contribution >= 0.6 is 0 Å². The molecule has 1 atom stereocenters. The van der Waals surface area contributed by atoms with Crippen LogP contribution in [0.3, 0.4) is 0 Å². The van der Waals surface area contributed by atoms with Gasteiger partial charge in [0.2, 0.25) is 0 Å². The Morgan fingerprint density at radius 3 is 2.61 bits per heavy atom. The summed E-state index contributed by atoms with van der Waals surface area (Å²) in [6.45, 7) is 3.05. The van der Waals surface area contributed by atoms with Gasteiger partial charge < -0.3 is 14.6 Å². The molecule has 1 aliphatic heterocycles. The predicted octanol–water partition coefficient (Wildman–Crippen LogP) is 1.22. The average Bonchev–Trinajstić information content (AvgIpc) is 2.66. The first kappa shape index (κ1) is 14.0. The molecule has 4 nitrogen and oxygen atoms in total. The number of hydrogen-bond donors (Lipinski definition) is 1. The van der Waals surface area contributed by atoms with Gasteiger partial charge in [-0.1, -0.05) is 25.7 Å². The minimum atomic E-state index is -0.179. The Kier molecular flexibility index (Phi) is 5.15. The van der Waals surface area contributed by atoms with Crippen molar-refractivity contribution in [3.8, 4) is 0 Å². The number of nitrogens with zero attached hydrogens (tertiary/aromatic N) is 1. The Morgan fingerprint density at radius 1 is 1.28 bits per heavy atom. The lowest BCUT2D eigenvalue weighted by Crippen LogP contribution is -2.52. The van der Waals surface area contributed by atoms with Crippen LogP contribution in [-0.4, -0.2) is 55.2 Å². The van der Waals surface area contributed by atoms with Crippen LogP contribution in [0, 0.1) is 5.41 Å². The fourth-order valence-corrected chi connectivity index (χ4v) is 3.22. The molecule has 0 spiro atoms. The third kappa shape index (κ3) is 3.31. The zero-order valence-corrected chi connectivity index (χ0v) is 11.1. The molecule has 0 amide bonds. The first-order valence-electron chi connectivity index (χ1n) is 7.19. The molecular weight excluding hydrogens is 230 g/mol. The molecular formula is C14H25NO3. The number of aldehydes is 1. The zero-order chi connectivity index (χ0) is 12.8. The minimum Gasteiger partial charge on any atom is -0.395 e. The highest BCUT2D eigenvalue weighted by atomic mass is 16.5. The smallest absolute Gasteiger partial charge is 0.127 e. The van der Waals surface area contributed by atoms with Gasteiger partial charge in [-0.15, -0.1) is 0 Å². The SMILES string of the molecule is O=CC1(CN2CCOCC2CO)CCCCCC1. The van der Waals surface area contributed by atoms with Gasteiger partial charge in [0.25, 0.3) is 0 Å². The second kappa shape index (κ2) is 6.64. The van der Waals surface area contributed by atoms with Gasteiger partial charge in [0, 0.05) is 18.5 Å². The van der Waals surface area contributed by atoms with Crippen molar-refractivity contribution >= 4 is 6.29 Å². The summed E-state index contributed by atoms with van der Waals surface area (Å²) in [7, 11) is 0. The Hall–Kier alpha value is -0.450. The molecule has 104 valence electrons. The van der Waals surface area contributed by atoms with E-state index in [1.165, 1.54) is 19.1 Å². The van der Waals surface area contributed by atoms with E-state index in [-0.39, 0.29) is 18.1 Å². The number of aliphatic hydroxyl groups excluding tert-OH is 1. The molecule has 1 saturated carbocycles. The molecule has 1 N–H and O–H groups in total. The van der Waals surface area contributed by atoms with Gasteiger partial charge in [0.15, 0.2) is 0 Å². The summed E-state index contributed by atoms with van der Waals surface area (Å²) in [6, 6.07) is 0.0684. The summed E-state index contributed by atoms with van der Waals surface area (Å²) in [5.74, 6) is 0. The molecule has 0 bridgehead atoms. The van der Waals surface area contributed by atoms with Crippen LogP contribution < -0.4 is 0 Å². The third-order valence-corrected chi connectivity index (χ3v) is 4.43. The summed E-state index contributed by atoms with van der Waals surface area (Å²) >= 11 is 0. The van der Waals surface area contributed by atoms with E-state index in [1.54, 1.807) is 0 Å². The Morgan fingerprint density at radius 2 is 2.00 bits per heavy atom. The quantitative estimate of drug-likeness (QED) is 0.606. The van der Waals surface area contributed by atoms with E-state index in [1.807, 2.05) is 0 Å². The largest absolute Gasteiger partial charge is 0.395 e. The molecule has 1 unspecified atom stereocenters. The third-order valence-electron chi connectivity index (χ3n) is 4.43. The van der Waals surface area contributed by atoms with Gasteiger partial charge in [-0.05, 0) is 12.8 Å². The molecule has 18 heavy (non-hydrogen) atoms. The van der Waals surface area contributed by atoms with Crippen LogP contribution in [-0.2, 0) is 9.53 Å². The van der Waals surface area contributed by atoms with Crippen molar-refractivity contribution < 1.29 is 14.6 Å². The summed E-state index contributed by atoms with van der Waals surface area (Å²) in [6.07, 6.45) is 8.02. The molecule has 0 aromatic heterocycles. The van der Waals surface area contributed by atoms with Gasteiger partial charge in [-0.25, -0.2) is 0 Å². The van der Waals surface area contributed by atoms with Crippen molar-refractivity contribution in [2.24, 2.45) is 5.41 Å². The van der Waals surface area contributed by atoms with Crippen molar-refractivity contribution in [1.82, 2.24) is 4.90 Å². The molecule has 2 rings (SSSR count). The molecule has 0 aromatic rings. The molecule has 0 radical (unpaired) electrons. The average molecular weight is 255 g/mol. The van der Waals surface area contributed by atoms with Crippen molar-refractivity contribution in [3.63, 3.8) is 0 Å². The zero-order valence-electron chi connectivity index (χ0n) is 11.1. The molecule has 1 aliphatic carbocycles. The van der Waals surface area contributed by atoms with E-state index in [2.05, 4.69) is 4.90 Å². The van der Waals surface area contributed by atoms with Crippen LogP contribution in [0.15, 0.2) is 0 Å². The second-order valence-corrected chi connectivity index (χ2v) is 5.78. The van der Waals surface area contributed by atoms with E-state index in [0.29, 0.717) is 13.2 Å². The first-order chi connectivity index (χ1) is 8.79. The predicted molar refractivity (Wildman–Crippen MR) is 69.5 cm³/mol. The molecule has 0 aromatic carbocycles. The Labute approximate surface area is 109 Å². The molecule has 2 aliphatic rings. The number of carbonyl (C=O) groups excluding carboxylic acids is 1. The fourth-order valence-electron chi connectivity index (χ4n) is 3.22. The van der Waals surface area contributed by atoms with Gasteiger partial charge in [0.1, 0.15) is 6.29 Å². The molecule has 2 fully saturated rings. The van der Waals surface area contributed by atoms with Crippen LogP contribution in [0.1, 0.15) is 38.5 Å². The maximum atomic E-state index is 11.6. The fraction of sp³-hybridized carbons (Fsp3) is 0.929. The number of morpholine rings is 1. The normalized spacial score (nSPS) is 29.7. The maximum Gasteiger partial charge on any atom is 0.127 e. The maximum absolute atomic E-state index is 11.6. The van der Waals surface area contributed by atoms with Crippen LogP contribution in [0.2, 0.25) is 0 Å². The lowest BCUT2D eigenvalue weighted by Gasteiger charge is -2.40. The Balaban J connectivity index is 2.00. The van der Waals surface area contributed by atoms with Crippen molar-refractivity contribution in [1.29, 1.82) is 0 Å². The van der Waals surface area contributed by atoms with Gasteiger partial charge in [-0.3, -0.25) is 4.90 Å². The standard InChI is InChI=1S/C14H25NO3/c16-9-13-10-18-8-7-15(13)11-14(12-17)5-3-1-2-4-6-14/h12-13,16H,1-11H2. The highest BCUT2D eigenvalue weighted by Crippen LogP contribution is 2.34. The van der Waals surface area contributed by atoms with Crippen LogP contribution in [0.25, 0.3) is 0 Å². The van der Waals surface area contributed by atoms with Crippen molar-refractivity contribution in [2.75, 3.05) is 32.9 Å². The number of ether oxygens (including phenoxy) is 1. The van der Waals surface area contributed by atoms with Crippen LogP contribution in [0.4, 0.5) is 0 Å². The second-order valence-electron chi connectivity index (χ2n) is 5.78. The highest BCUT2D eigenvalue weighted by molar-refractivity contribution is 5.59. The first-order valence-corrected chi connectivity index (χ1v) is 7.19. The Bertz CT molecular complexity index is 262. The van der Waals surface area contributed by atoms with Crippen molar-refractivity contribution in [3.05, 3.63) is 0 Å². The van der Waals surface area contributed by atoms with Gasteiger partial charge in [0.05, 0.1) is 25.9 Å².